The van der Waals surface area contributed by atoms with Crippen molar-refractivity contribution in [2.45, 2.75) is 71.0 Å². The van der Waals surface area contributed by atoms with Crippen LogP contribution in [0.5, 0.6) is 11.5 Å². The number of ether oxygens (including phenoxy) is 2. The summed E-state index contributed by atoms with van der Waals surface area (Å²) in [6.07, 6.45) is 6.59. The van der Waals surface area contributed by atoms with Gasteiger partial charge in [0.15, 0.2) is 0 Å². The Balaban J connectivity index is 1.96. The molecule has 0 unspecified atom stereocenters. The molecule has 0 aromatic heterocycles. The Bertz CT molecular complexity index is 1240. The number of nitrogens with one attached hydrogen (secondary N) is 1. The predicted octanol–water partition coefficient (Wildman–Crippen LogP) is 4.03. The average Bonchev–Trinajstić information content (AvgIpc) is 2.91. The van der Waals surface area contributed by atoms with Gasteiger partial charge < -0.3 is 19.7 Å². The molecule has 0 saturated heterocycles. The fraction of sp³-hybridized carbons (Fsp3) is 0.517. The van der Waals surface area contributed by atoms with Crippen LogP contribution in [0.3, 0.4) is 0 Å². The van der Waals surface area contributed by atoms with E-state index in [1.807, 2.05) is 38.1 Å². The van der Waals surface area contributed by atoms with Crippen LogP contribution in [-0.4, -0.2) is 64.2 Å². The van der Waals surface area contributed by atoms with Crippen LogP contribution in [0.2, 0.25) is 0 Å². The van der Waals surface area contributed by atoms with Crippen LogP contribution in [0.15, 0.2) is 42.5 Å². The summed E-state index contributed by atoms with van der Waals surface area (Å²) in [6, 6.07) is 11.8. The molecule has 39 heavy (non-hydrogen) atoms. The van der Waals surface area contributed by atoms with Gasteiger partial charge in [0.2, 0.25) is 21.8 Å². The molecule has 1 aliphatic rings. The minimum Gasteiger partial charge on any atom is -0.497 e. The van der Waals surface area contributed by atoms with E-state index in [4.69, 9.17) is 9.47 Å². The summed E-state index contributed by atoms with van der Waals surface area (Å²) in [5.41, 5.74) is 2.10. The summed E-state index contributed by atoms with van der Waals surface area (Å²) in [5.74, 6) is 0.0468. The van der Waals surface area contributed by atoms with E-state index in [-0.39, 0.29) is 29.9 Å². The highest BCUT2D eigenvalue weighted by Crippen LogP contribution is 2.34. The van der Waals surface area contributed by atoms with Crippen molar-refractivity contribution in [2.75, 3.05) is 31.3 Å². The Morgan fingerprint density at radius 2 is 1.77 bits per heavy atom. The second kappa shape index (κ2) is 13.7. The standard InChI is InChI=1S/C29H41N3O6S/c1-6-25(29(34)30-23-13-8-7-9-14-23)31(19-22-12-10-11-21(2)17-22)28(33)20-32(39(5,35)36)26-16-15-24(37-3)18-27(26)38-4/h10-12,15-18,23,25H,6-9,13-14,19-20H2,1-5H3,(H,30,34)/t25-/m0/s1. The Labute approximate surface area is 232 Å². The zero-order valence-electron chi connectivity index (χ0n) is 23.6. The van der Waals surface area contributed by atoms with Gasteiger partial charge in [0, 0.05) is 18.7 Å². The SMILES string of the molecule is CC[C@@H](C(=O)NC1CCCCC1)N(Cc1cccc(C)c1)C(=O)CN(c1ccc(OC)cc1OC)S(C)(=O)=O. The van der Waals surface area contributed by atoms with Crippen LogP contribution in [0.1, 0.15) is 56.6 Å². The molecule has 1 atom stereocenters. The molecular formula is C29H41N3O6S. The van der Waals surface area contributed by atoms with Crippen LogP contribution in [0.25, 0.3) is 0 Å². The van der Waals surface area contributed by atoms with Crippen molar-refractivity contribution in [3.8, 4) is 11.5 Å². The maximum absolute atomic E-state index is 14.0. The Hall–Kier alpha value is -3.27. The van der Waals surface area contributed by atoms with Crippen molar-refractivity contribution in [3.05, 3.63) is 53.6 Å². The molecule has 2 aromatic carbocycles. The Kier molecular flexibility index (Phi) is 10.6. The molecule has 10 heteroatoms. The third-order valence-corrected chi connectivity index (χ3v) is 8.23. The molecule has 214 valence electrons. The van der Waals surface area contributed by atoms with Gasteiger partial charge in [-0.1, -0.05) is 56.0 Å². The van der Waals surface area contributed by atoms with Crippen molar-refractivity contribution in [2.24, 2.45) is 0 Å². The van der Waals surface area contributed by atoms with E-state index >= 15 is 0 Å². The molecule has 1 saturated carbocycles. The molecule has 3 rings (SSSR count). The molecule has 1 aliphatic carbocycles. The lowest BCUT2D eigenvalue weighted by Crippen LogP contribution is -2.54. The number of benzene rings is 2. The fourth-order valence-electron chi connectivity index (χ4n) is 5.06. The quantitative estimate of drug-likeness (QED) is 0.421. The smallest absolute Gasteiger partial charge is 0.244 e. The van der Waals surface area contributed by atoms with Gasteiger partial charge in [-0.05, 0) is 43.9 Å². The monoisotopic (exact) mass is 559 g/mol. The third kappa shape index (κ3) is 8.11. The second-order valence-corrected chi connectivity index (χ2v) is 12.0. The molecule has 0 heterocycles. The van der Waals surface area contributed by atoms with Crippen LogP contribution in [0, 0.1) is 6.92 Å². The van der Waals surface area contributed by atoms with Gasteiger partial charge in [-0.3, -0.25) is 13.9 Å². The van der Waals surface area contributed by atoms with Gasteiger partial charge >= 0.3 is 0 Å². The minimum absolute atomic E-state index is 0.0901. The summed E-state index contributed by atoms with van der Waals surface area (Å²) in [5, 5.41) is 3.15. The van der Waals surface area contributed by atoms with Crippen molar-refractivity contribution in [1.29, 1.82) is 0 Å². The van der Waals surface area contributed by atoms with E-state index in [0.717, 1.165) is 53.8 Å². The van der Waals surface area contributed by atoms with E-state index in [9.17, 15) is 18.0 Å². The molecule has 0 spiro atoms. The number of nitrogens with zero attached hydrogens (tertiary/aromatic N) is 2. The Morgan fingerprint density at radius 3 is 2.36 bits per heavy atom. The fourth-order valence-corrected chi connectivity index (χ4v) is 5.91. The van der Waals surface area contributed by atoms with Crippen molar-refractivity contribution < 1.29 is 27.5 Å². The predicted molar refractivity (Wildman–Crippen MR) is 153 cm³/mol. The summed E-state index contributed by atoms with van der Waals surface area (Å²) in [4.78, 5) is 29.0. The van der Waals surface area contributed by atoms with Gasteiger partial charge in [-0.2, -0.15) is 0 Å². The number of anilines is 1. The molecular weight excluding hydrogens is 518 g/mol. The van der Waals surface area contributed by atoms with Crippen LogP contribution < -0.4 is 19.1 Å². The van der Waals surface area contributed by atoms with E-state index in [1.165, 1.54) is 19.1 Å². The zero-order valence-corrected chi connectivity index (χ0v) is 24.4. The lowest BCUT2D eigenvalue weighted by Gasteiger charge is -2.34. The largest absolute Gasteiger partial charge is 0.497 e. The number of rotatable bonds is 12. The molecule has 0 bridgehead atoms. The topological polar surface area (TPSA) is 105 Å². The van der Waals surface area contributed by atoms with Gasteiger partial charge in [0.05, 0.1) is 26.2 Å². The third-order valence-electron chi connectivity index (χ3n) is 7.11. The lowest BCUT2D eigenvalue weighted by molar-refractivity contribution is -0.140. The van der Waals surface area contributed by atoms with E-state index in [1.54, 1.807) is 18.2 Å². The number of carbonyl (C=O) groups is 2. The number of amides is 2. The highest BCUT2D eigenvalue weighted by Gasteiger charge is 2.33. The molecule has 1 N–H and O–H groups in total. The molecule has 0 aliphatic heterocycles. The zero-order chi connectivity index (χ0) is 28.6. The lowest BCUT2D eigenvalue weighted by atomic mass is 9.95. The van der Waals surface area contributed by atoms with Crippen molar-refractivity contribution in [3.63, 3.8) is 0 Å². The molecule has 2 amide bonds. The first-order valence-electron chi connectivity index (χ1n) is 13.4. The molecule has 9 nitrogen and oxygen atoms in total. The van der Waals surface area contributed by atoms with Crippen molar-refractivity contribution in [1.82, 2.24) is 10.2 Å². The highest BCUT2D eigenvalue weighted by atomic mass is 32.2. The second-order valence-electron chi connectivity index (χ2n) is 10.1. The van der Waals surface area contributed by atoms with E-state index in [2.05, 4.69) is 5.32 Å². The molecule has 2 aromatic rings. The summed E-state index contributed by atoms with van der Waals surface area (Å²) < 4.78 is 37.6. The highest BCUT2D eigenvalue weighted by molar-refractivity contribution is 7.92. The number of aryl methyl sites for hydroxylation is 1. The van der Waals surface area contributed by atoms with Gasteiger partial charge in [0.25, 0.3) is 0 Å². The number of hydrogen-bond donors (Lipinski definition) is 1. The first-order chi connectivity index (χ1) is 18.6. The van der Waals surface area contributed by atoms with E-state index < -0.39 is 28.5 Å². The molecule has 0 radical (unpaired) electrons. The maximum Gasteiger partial charge on any atom is 0.244 e. The Morgan fingerprint density at radius 1 is 1.05 bits per heavy atom. The number of methoxy groups -OCH3 is 2. The maximum atomic E-state index is 14.0. The molecule has 1 fully saturated rings. The van der Waals surface area contributed by atoms with Gasteiger partial charge in [0.1, 0.15) is 24.1 Å². The number of hydrogen-bond acceptors (Lipinski definition) is 6. The number of sulfonamides is 1. The first kappa shape index (κ1) is 30.3. The van der Waals surface area contributed by atoms with Crippen LogP contribution >= 0.6 is 0 Å². The van der Waals surface area contributed by atoms with Crippen molar-refractivity contribution >= 4 is 27.5 Å². The summed E-state index contributed by atoms with van der Waals surface area (Å²) in [7, 11) is -0.967. The number of carbonyl (C=O) groups excluding carboxylic acids is 2. The van der Waals surface area contributed by atoms with E-state index in [0.29, 0.717) is 12.2 Å². The first-order valence-corrected chi connectivity index (χ1v) is 15.3. The average molecular weight is 560 g/mol. The normalized spacial score (nSPS) is 14.8. The van der Waals surface area contributed by atoms with Gasteiger partial charge in [-0.25, -0.2) is 8.42 Å². The summed E-state index contributed by atoms with van der Waals surface area (Å²) >= 11 is 0. The summed E-state index contributed by atoms with van der Waals surface area (Å²) in [6.45, 7) is 3.52. The van der Waals surface area contributed by atoms with Crippen LogP contribution in [0.4, 0.5) is 5.69 Å². The minimum atomic E-state index is -3.89. The van der Waals surface area contributed by atoms with Crippen LogP contribution in [-0.2, 0) is 26.2 Å². The van der Waals surface area contributed by atoms with Gasteiger partial charge in [-0.15, -0.1) is 0 Å².